The molecule has 7 heteroatoms. The van der Waals surface area contributed by atoms with E-state index in [1.165, 1.54) is 0 Å². The molecule has 1 aromatic heterocycles. The van der Waals surface area contributed by atoms with Crippen LogP contribution in [0.25, 0.3) is 0 Å². The van der Waals surface area contributed by atoms with Gasteiger partial charge in [-0.3, -0.25) is 9.69 Å². The lowest BCUT2D eigenvalue weighted by Crippen LogP contribution is -2.56. The number of hydrogen-bond acceptors (Lipinski definition) is 6. The van der Waals surface area contributed by atoms with Crippen LogP contribution in [0.2, 0.25) is 0 Å². The number of rotatable bonds is 3. The number of hydrogen-bond donors (Lipinski definition) is 0. The summed E-state index contributed by atoms with van der Waals surface area (Å²) in [5.41, 5.74) is 0.623. The Kier molecular flexibility index (Phi) is 5.28. The molecular formula is C17H23N5O2. The van der Waals surface area contributed by atoms with Gasteiger partial charge in [-0.1, -0.05) is 0 Å². The van der Waals surface area contributed by atoms with Crippen molar-refractivity contribution in [2.75, 3.05) is 57.4 Å². The van der Waals surface area contributed by atoms with Crippen LogP contribution < -0.4 is 4.90 Å². The largest absolute Gasteiger partial charge is 0.378 e. The molecular weight excluding hydrogens is 306 g/mol. The summed E-state index contributed by atoms with van der Waals surface area (Å²) in [6.07, 6.45) is 1.67. The molecule has 1 amide bonds. The zero-order valence-corrected chi connectivity index (χ0v) is 14.0. The van der Waals surface area contributed by atoms with Gasteiger partial charge in [-0.25, -0.2) is 4.98 Å². The second-order valence-electron chi connectivity index (χ2n) is 6.15. The Morgan fingerprint density at radius 1 is 1.25 bits per heavy atom. The van der Waals surface area contributed by atoms with Crippen LogP contribution in [0, 0.1) is 11.3 Å². The molecule has 128 valence electrons. The first-order valence-electron chi connectivity index (χ1n) is 8.41. The van der Waals surface area contributed by atoms with E-state index in [-0.39, 0.29) is 11.9 Å². The molecule has 2 fully saturated rings. The van der Waals surface area contributed by atoms with Gasteiger partial charge in [0.25, 0.3) is 0 Å². The van der Waals surface area contributed by atoms with Gasteiger partial charge in [-0.15, -0.1) is 0 Å². The number of carbonyl (C=O) groups excluding carboxylic acids is 1. The van der Waals surface area contributed by atoms with E-state index in [2.05, 4.69) is 20.9 Å². The lowest BCUT2D eigenvalue weighted by Gasteiger charge is -2.40. The van der Waals surface area contributed by atoms with Gasteiger partial charge in [0.2, 0.25) is 5.91 Å². The molecule has 0 spiro atoms. The summed E-state index contributed by atoms with van der Waals surface area (Å²) >= 11 is 0. The monoisotopic (exact) mass is 329 g/mol. The molecule has 0 unspecified atom stereocenters. The standard InChI is InChI=1S/C17H23N5O2/c1-14(17(23)22-8-10-24-11-9-22)20-4-6-21(7-5-20)16-12-15(13-18)2-3-19-16/h2-3,12,14H,4-11H2,1H3/t14-/m0/s1. The number of carbonyl (C=O) groups is 1. The van der Waals surface area contributed by atoms with E-state index in [1.807, 2.05) is 17.9 Å². The van der Waals surface area contributed by atoms with Crippen molar-refractivity contribution in [3.63, 3.8) is 0 Å². The van der Waals surface area contributed by atoms with Crippen molar-refractivity contribution in [1.82, 2.24) is 14.8 Å². The average molecular weight is 329 g/mol. The van der Waals surface area contributed by atoms with Gasteiger partial charge in [-0.05, 0) is 19.1 Å². The number of nitrogens with zero attached hydrogens (tertiary/aromatic N) is 5. The molecule has 2 aliphatic heterocycles. The Balaban J connectivity index is 1.56. The third-order valence-corrected chi connectivity index (χ3v) is 4.74. The molecule has 3 heterocycles. The molecule has 1 aromatic rings. The first-order valence-corrected chi connectivity index (χ1v) is 8.41. The van der Waals surface area contributed by atoms with Crippen LogP contribution in [0.4, 0.5) is 5.82 Å². The van der Waals surface area contributed by atoms with E-state index >= 15 is 0 Å². The topological polar surface area (TPSA) is 72.7 Å². The molecule has 0 aliphatic carbocycles. The van der Waals surface area contributed by atoms with Gasteiger partial charge in [0, 0.05) is 45.5 Å². The fraction of sp³-hybridized carbons (Fsp3) is 0.588. The van der Waals surface area contributed by atoms with Crippen molar-refractivity contribution in [1.29, 1.82) is 5.26 Å². The molecule has 2 aliphatic rings. The number of aromatic nitrogens is 1. The van der Waals surface area contributed by atoms with Crippen molar-refractivity contribution >= 4 is 11.7 Å². The summed E-state index contributed by atoms with van der Waals surface area (Å²) in [7, 11) is 0. The maximum atomic E-state index is 12.6. The van der Waals surface area contributed by atoms with E-state index < -0.39 is 0 Å². The Morgan fingerprint density at radius 3 is 2.62 bits per heavy atom. The van der Waals surface area contributed by atoms with E-state index in [0.29, 0.717) is 31.9 Å². The molecule has 7 nitrogen and oxygen atoms in total. The highest BCUT2D eigenvalue weighted by Gasteiger charge is 2.29. The maximum Gasteiger partial charge on any atom is 0.239 e. The third-order valence-electron chi connectivity index (χ3n) is 4.74. The fourth-order valence-corrected chi connectivity index (χ4v) is 3.20. The molecule has 0 saturated carbocycles. The summed E-state index contributed by atoms with van der Waals surface area (Å²) in [5, 5.41) is 9.00. The summed E-state index contributed by atoms with van der Waals surface area (Å²) in [6.45, 7) is 7.88. The minimum absolute atomic E-state index is 0.108. The van der Waals surface area contributed by atoms with Gasteiger partial charge < -0.3 is 14.5 Å². The van der Waals surface area contributed by atoms with Crippen molar-refractivity contribution in [3.8, 4) is 6.07 Å². The van der Waals surface area contributed by atoms with Gasteiger partial charge in [-0.2, -0.15) is 5.26 Å². The van der Waals surface area contributed by atoms with Crippen molar-refractivity contribution in [2.24, 2.45) is 0 Å². The number of pyridine rings is 1. The summed E-state index contributed by atoms with van der Waals surface area (Å²) in [5.74, 6) is 1.03. The summed E-state index contributed by atoms with van der Waals surface area (Å²) in [6, 6.07) is 5.57. The number of amides is 1. The Morgan fingerprint density at radius 2 is 1.96 bits per heavy atom. The van der Waals surface area contributed by atoms with Crippen molar-refractivity contribution < 1.29 is 9.53 Å². The van der Waals surface area contributed by atoms with E-state index in [1.54, 1.807) is 12.3 Å². The first-order chi connectivity index (χ1) is 11.7. The van der Waals surface area contributed by atoms with Gasteiger partial charge in [0.1, 0.15) is 5.82 Å². The van der Waals surface area contributed by atoms with Crippen molar-refractivity contribution in [3.05, 3.63) is 23.9 Å². The smallest absolute Gasteiger partial charge is 0.239 e. The number of anilines is 1. The zero-order chi connectivity index (χ0) is 16.9. The highest BCUT2D eigenvalue weighted by molar-refractivity contribution is 5.81. The molecule has 3 rings (SSSR count). The molecule has 0 aromatic carbocycles. The predicted molar refractivity (Wildman–Crippen MR) is 89.6 cm³/mol. The minimum atomic E-state index is -0.108. The quantitative estimate of drug-likeness (QED) is 0.795. The van der Waals surface area contributed by atoms with Crippen LogP contribution in [0.1, 0.15) is 12.5 Å². The number of nitriles is 1. The van der Waals surface area contributed by atoms with Gasteiger partial charge in [0.15, 0.2) is 0 Å². The van der Waals surface area contributed by atoms with Crippen LogP contribution in [-0.2, 0) is 9.53 Å². The summed E-state index contributed by atoms with van der Waals surface area (Å²) in [4.78, 5) is 23.3. The molecule has 2 saturated heterocycles. The van der Waals surface area contributed by atoms with Crippen LogP contribution in [0.5, 0.6) is 0 Å². The van der Waals surface area contributed by atoms with Crippen LogP contribution in [-0.4, -0.2) is 79.2 Å². The lowest BCUT2D eigenvalue weighted by molar-refractivity contribution is -0.140. The number of ether oxygens (including phenoxy) is 1. The van der Waals surface area contributed by atoms with E-state index in [9.17, 15) is 4.79 Å². The third kappa shape index (κ3) is 3.66. The van der Waals surface area contributed by atoms with E-state index in [4.69, 9.17) is 10.00 Å². The molecule has 0 bridgehead atoms. The maximum absolute atomic E-state index is 12.6. The molecule has 0 radical (unpaired) electrons. The second-order valence-corrected chi connectivity index (χ2v) is 6.15. The molecule has 1 atom stereocenters. The fourth-order valence-electron chi connectivity index (χ4n) is 3.20. The van der Waals surface area contributed by atoms with Gasteiger partial charge >= 0.3 is 0 Å². The minimum Gasteiger partial charge on any atom is -0.378 e. The molecule has 0 N–H and O–H groups in total. The highest BCUT2D eigenvalue weighted by Crippen LogP contribution is 2.17. The van der Waals surface area contributed by atoms with Gasteiger partial charge in [0.05, 0.1) is 30.9 Å². The van der Waals surface area contributed by atoms with Crippen LogP contribution in [0.15, 0.2) is 18.3 Å². The lowest BCUT2D eigenvalue weighted by atomic mass is 10.2. The number of morpholine rings is 1. The van der Waals surface area contributed by atoms with Crippen molar-refractivity contribution in [2.45, 2.75) is 13.0 Å². The molecule has 24 heavy (non-hydrogen) atoms. The number of piperazine rings is 1. The Bertz CT molecular complexity index is 616. The SMILES string of the molecule is C[C@@H](C(=O)N1CCOCC1)N1CCN(c2cc(C#N)ccn2)CC1. The zero-order valence-electron chi connectivity index (χ0n) is 14.0. The summed E-state index contributed by atoms with van der Waals surface area (Å²) < 4.78 is 5.31. The predicted octanol–water partition coefficient (Wildman–Crippen LogP) is 0.323. The Hall–Kier alpha value is -2.17. The highest BCUT2D eigenvalue weighted by atomic mass is 16.5. The first kappa shape index (κ1) is 16.7. The average Bonchev–Trinajstić information content (AvgIpc) is 2.67. The Labute approximate surface area is 142 Å². The van der Waals surface area contributed by atoms with Crippen LogP contribution >= 0.6 is 0 Å². The van der Waals surface area contributed by atoms with Crippen LogP contribution in [0.3, 0.4) is 0 Å². The second kappa shape index (κ2) is 7.60. The van der Waals surface area contributed by atoms with E-state index in [0.717, 1.165) is 32.0 Å². The normalized spacial score (nSPS) is 20.5.